The Kier molecular flexibility index (Phi) is 5.52. The minimum atomic E-state index is -3.84. The van der Waals surface area contributed by atoms with Gasteiger partial charge < -0.3 is 5.32 Å². The molecule has 1 aliphatic carbocycles. The van der Waals surface area contributed by atoms with Gasteiger partial charge in [0.15, 0.2) is 0 Å². The third kappa shape index (κ3) is 4.27. The van der Waals surface area contributed by atoms with Crippen LogP contribution < -0.4 is 10.0 Å². The fourth-order valence-corrected chi connectivity index (χ4v) is 3.84. The van der Waals surface area contributed by atoms with E-state index in [1.165, 1.54) is 12.1 Å². The van der Waals surface area contributed by atoms with Gasteiger partial charge in [0, 0.05) is 6.04 Å². The van der Waals surface area contributed by atoms with Crippen LogP contribution in [-0.2, 0) is 14.8 Å². The van der Waals surface area contributed by atoms with Crippen LogP contribution in [0.3, 0.4) is 0 Å². The summed E-state index contributed by atoms with van der Waals surface area (Å²) in [4.78, 5) is 12.1. The van der Waals surface area contributed by atoms with E-state index in [-0.39, 0.29) is 16.8 Å². The Hall–Kier alpha value is -1.47. The summed E-state index contributed by atoms with van der Waals surface area (Å²) in [5.41, 5.74) is 0. The number of hydrogen-bond donors (Lipinski definition) is 2. The predicted molar refractivity (Wildman–Crippen MR) is 81.2 cm³/mol. The molecule has 0 bridgehead atoms. The number of hydrogen-bond acceptors (Lipinski definition) is 3. The fraction of sp³-hybridized carbons (Fsp3) is 0.533. The highest BCUT2D eigenvalue weighted by molar-refractivity contribution is 7.89. The summed E-state index contributed by atoms with van der Waals surface area (Å²) in [5.74, 6) is -0.815. The number of halogens is 1. The van der Waals surface area contributed by atoms with Crippen molar-refractivity contribution in [2.75, 3.05) is 0 Å². The van der Waals surface area contributed by atoms with Crippen LogP contribution in [0.5, 0.6) is 0 Å². The minimum Gasteiger partial charge on any atom is -0.352 e. The predicted octanol–water partition coefficient (Wildman–Crippen LogP) is 1.94. The van der Waals surface area contributed by atoms with Crippen LogP contribution >= 0.6 is 0 Å². The van der Waals surface area contributed by atoms with Crippen molar-refractivity contribution in [2.45, 2.75) is 56.0 Å². The van der Waals surface area contributed by atoms with E-state index in [4.69, 9.17) is 0 Å². The molecule has 122 valence electrons. The van der Waals surface area contributed by atoms with Crippen molar-refractivity contribution in [3.63, 3.8) is 0 Å². The third-order valence-electron chi connectivity index (χ3n) is 3.85. The Labute approximate surface area is 130 Å². The van der Waals surface area contributed by atoms with Crippen LogP contribution in [0.4, 0.5) is 4.39 Å². The first-order valence-corrected chi connectivity index (χ1v) is 8.99. The molecular weight excluding hydrogens is 307 g/mol. The van der Waals surface area contributed by atoms with Crippen molar-refractivity contribution < 1.29 is 17.6 Å². The van der Waals surface area contributed by atoms with Gasteiger partial charge in [-0.3, -0.25) is 4.79 Å². The third-order valence-corrected chi connectivity index (χ3v) is 5.34. The van der Waals surface area contributed by atoms with E-state index in [0.29, 0.717) is 6.42 Å². The maximum absolute atomic E-state index is 12.9. The van der Waals surface area contributed by atoms with Gasteiger partial charge in [-0.15, -0.1) is 0 Å². The van der Waals surface area contributed by atoms with Gasteiger partial charge in [-0.05, 0) is 43.5 Å². The lowest BCUT2D eigenvalue weighted by molar-refractivity contribution is -0.123. The lowest BCUT2D eigenvalue weighted by Crippen LogP contribution is -2.48. The molecule has 0 spiro atoms. The number of carbonyl (C=O) groups is 1. The largest absolute Gasteiger partial charge is 0.352 e. The first-order valence-electron chi connectivity index (χ1n) is 7.50. The van der Waals surface area contributed by atoms with E-state index in [9.17, 15) is 17.6 Å². The van der Waals surface area contributed by atoms with Crippen LogP contribution in [0.15, 0.2) is 29.2 Å². The maximum Gasteiger partial charge on any atom is 0.241 e. The van der Waals surface area contributed by atoms with E-state index >= 15 is 0 Å². The van der Waals surface area contributed by atoms with Crippen LogP contribution in [-0.4, -0.2) is 26.4 Å². The highest BCUT2D eigenvalue weighted by atomic mass is 32.2. The molecule has 0 heterocycles. The first kappa shape index (κ1) is 16.9. The fourth-order valence-electron chi connectivity index (χ4n) is 2.56. The molecule has 1 aromatic carbocycles. The standard InChI is InChI=1S/C15H21FN2O3S/c1-2-14(15(19)17-12-5-3-4-6-12)18-22(20,21)13-9-7-11(16)8-10-13/h7-10,12,14,18H,2-6H2,1H3,(H,17,19). The molecule has 2 N–H and O–H groups in total. The van der Waals surface area contributed by atoms with Crippen LogP contribution in [0.25, 0.3) is 0 Å². The molecule has 5 nitrogen and oxygen atoms in total. The summed E-state index contributed by atoms with van der Waals surface area (Å²) < 4.78 is 39.8. The van der Waals surface area contributed by atoms with Gasteiger partial charge >= 0.3 is 0 Å². The topological polar surface area (TPSA) is 75.3 Å². The molecule has 1 unspecified atom stereocenters. The Balaban J connectivity index is 2.04. The molecule has 22 heavy (non-hydrogen) atoms. The van der Waals surface area contributed by atoms with Gasteiger partial charge in [0.05, 0.1) is 4.90 Å². The molecule has 1 aromatic rings. The monoisotopic (exact) mass is 328 g/mol. The van der Waals surface area contributed by atoms with Crippen molar-refractivity contribution in [2.24, 2.45) is 0 Å². The number of rotatable bonds is 6. The highest BCUT2D eigenvalue weighted by Gasteiger charge is 2.26. The SMILES string of the molecule is CCC(NS(=O)(=O)c1ccc(F)cc1)C(=O)NC1CCCC1. The van der Waals surface area contributed by atoms with Crippen LogP contribution in [0.1, 0.15) is 39.0 Å². The van der Waals surface area contributed by atoms with Crippen molar-refractivity contribution in [1.29, 1.82) is 0 Å². The molecule has 1 atom stereocenters. The van der Waals surface area contributed by atoms with E-state index in [0.717, 1.165) is 37.8 Å². The Bertz CT molecular complexity index is 610. The van der Waals surface area contributed by atoms with Crippen molar-refractivity contribution in [1.82, 2.24) is 10.0 Å². The first-order chi connectivity index (χ1) is 10.4. The minimum absolute atomic E-state index is 0.0546. The second-order valence-electron chi connectivity index (χ2n) is 5.53. The van der Waals surface area contributed by atoms with Crippen LogP contribution in [0, 0.1) is 5.82 Å². The molecule has 1 fully saturated rings. The van der Waals surface area contributed by atoms with E-state index in [1.54, 1.807) is 6.92 Å². The van der Waals surface area contributed by atoms with E-state index in [2.05, 4.69) is 10.0 Å². The van der Waals surface area contributed by atoms with Crippen LogP contribution in [0.2, 0.25) is 0 Å². The molecule has 0 radical (unpaired) electrons. The Morgan fingerprint density at radius 3 is 2.41 bits per heavy atom. The zero-order valence-electron chi connectivity index (χ0n) is 12.5. The maximum atomic E-state index is 12.9. The number of sulfonamides is 1. The zero-order chi connectivity index (χ0) is 16.2. The normalized spacial score (nSPS) is 17.4. The molecule has 1 saturated carbocycles. The van der Waals surface area contributed by atoms with Gasteiger partial charge in [0.1, 0.15) is 11.9 Å². The average molecular weight is 328 g/mol. The second kappa shape index (κ2) is 7.19. The summed E-state index contributed by atoms with van der Waals surface area (Å²) in [6, 6.07) is 3.83. The lowest BCUT2D eigenvalue weighted by Gasteiger charge is -2.19. The van der Waals surface area contributed by atoms with E-state index in [1.807, 2.05) is 0 Å². The molecule has 0 aliphatic heterocycles. The zero-order valence-corrected chi connectivity index (χ0v) is 13.3. The van der Waals surface area contributed by atoms with Gasteiger partial charge in [-0.25, -0.2) is 12.8 Å². The molecule has 0 aromatic heterocycles. The number of carbonyl (C=O) groups excluding carboxylic acids is 1. The Morgan fingerprint density at radius 2 is 1.86 bits per heavy atom. The van der Waals surface area contributed by atoms with Gasteiger partial charge in [-0.1, -0.05) is 19.8 Å². The summed E-state index contributed by atoms with van der Waals surface area (Å²) in [6.07, 6.45) is 4.39. The second-order valence-corrected chi connectivity index (χ2v) is 7.24. The highest BCUT2D eigenvalue weighted by Crippen LogP contribution is 2.18. The van der Waals surface area contributed by atoms with E-state index < -0.39 is 21.9 Å². The summed E-state index contributed by atoms with van der Waals surface area (Å²) in [6.45, 7) is 1.74. The molecule has 2 rings (SSSR count). The average Bonchev–Trinajstić information content (AvgIpc) is 2.98. The molecule has 1 aliphatic rings. The van der Waals surface area contributed by atoms with Crippen molar-refractivity contribution >= 4 is 15.9 Å². The van der Waals surface area contributed by atoms with Crippen molar-refractivity contribution in [3.8, 4) is 0 Å². The molecule has 0 saturated heterocycles. The van der Waals surface area contributed by atoms with Crippen molar-refractivity contribution in [3.05, 3.63) is 30.1 Å². The number of amides is 1. The lowest BCUT2D eigenvalue weighted by atomic mass is 10.2. The summed E-state index contributed by atoms with van der Waals surface area (Å²) >= 11 is 0. The number of benzene rings is 1. The van der Waals surface area contributed by atoms with Gasteiger partial charge in [0.25, 0.3) is 0 Å². The van der Waals surface area contributed by atoms with Gasteiger partial charge in [0.2, 0.25) is 15.9 Å². The smallest absolute Gasteiger partial charge is 0.241 e. The summed E-state index contributed by atoms with van der Waals surface area (Å²) in [7, 11) is -3.84. The number of nitrogens with one attached hydrogen (secondary N) is 2. The van der Waals surface area contributed by atoms with Gasteiger partial charge in [-0.2, -0.15) is 4.72 Å². The molecular formula is C15H21FN2O3S. The summed E-state index contributed by atoms with van der Waals surface area (Å²) in [5, 5.41) is 2.89. The quantitative estimate of drug-likeness (QED) is 0.838. The Morgan fingerprint density at radius 1 is 1.27 bits per heavy atom. The molecule has 7 heteroatoms. The molecule has 1 amide bonds.